The number of aryl methyl sites for hydroxylation is 2. The van der Waals surface area contributed by atoms with Gasteiger partial charge in [0.2, 0.25) is 5.88 Å². The Labute approximate surface area is 178 Å². The quantitative estimate of drug-likeness (QED) is 0.620. The van der Waals surface area contributed by atoms with E-state index in [2.05, 4.69) is 20.3 Å². The summed E-state index contributed by atoms with van der Waals surface area (Å²) in [6.07, 6.45) is 2.91. The van der Waals surface area contributed by atoms with Crippen molar-refractivity contribution in [1.29, 1.82) is 0 Å². The molecule has 1 aliphatic carbocycles. The Morgan fingerprint density at radius 1 is 1.16 bits per heavy atom. The molecule has 1 spiro atoms. The van der Waals surface area contributed by atoms with Gasteiger partial charge in [0.15, 0.2) is 5.69 Å². The van der Waals surface area contributed by atoms with Gasteiger partial charge in [0, 0.05) is 54.9 Å². The van der Waals surface area contributed by atoms with Gasteiger partial charge in [-0.25, -0.2) is 0 Å². The fourth-order valence-electron chi connectivity index (χ4n) is 4.13. The minimum atomic E-state index is -0.173. The Balaban J connectivity index is 1.22. The predicted octanol–water partition coefficient (Wildman–Crippen LogP) is 2.53. The molecule has 0 N–H and O–H groups in total. The van der Waals surface area contributed by atoms with Gasteiger partial charge in [0.25, 0.3) is 5.91 Å². The number of hydrogen-bond donors (Lipinski definition) is 0. The Bertz CT molecular complexity index is 1140. The number of aromatic nitrogens is 4. The second-order valence-electron chi connectivity index (χ2n) is 8.35. The first-order valence-corrected chi connectivity index (χ1v) is 10.1. The van der Waals surface area contributed by atoms with Crippen molar-refractivity contribution in [3.8, 4) is 17.1 Å². The van der Waals surface area contributed by atoms with Crippen LogP contribution in [-0.4, -0.2) is 50.0 Å². The van der Waals surface area contributed by atoms with Crippen LogP contribution in [0.25, 0.3) is 11.3 Å². The second-order valence-corrected chi connectivity index (χ2v) is 8.35. The van der Waals surface area contributed by atoms with Crippen molar-refractivity contribution in [2.75, 3.05) is 13.1 Å². The summed E-state index contributed by atoms with van der Waals surface area (Å²) >= 11 is 0. The number of carbonyl (C=O) groups is 2. The van der Waals surface area contributed by atoms with Crippen molar-refractivity contribution in [2.45, 2.75) is 33.3 Å². The molecule has 1 saturated heterocycles. The number of pyridine rings is 1. The molecule has 0 aromatic carbocycles. The highest BCUT2D eigenvalue weighted by Crippen LogP contribution is 2.46. The monoisotopic (exact) mass is 419 g/mol. The third-order valence-electron chi connectivity index (χ3n) is 5.88. The number of ether oxygens (including phenoxy) is 1. The van der Waals surface area contributed by atoms with Gasteiger partial charge in [0.05, 0.1) is 5.56 Å². The highest BCUT2D eigenvalue weighted by atomic mass is 16.5. The largest absolute Gasteiger partial charge is 0.472 e. The van der Waals surface area contributed by atoms with Crippen molar-refractivity contribution >= 4 is 11.7 Å². The van der Waals surface area contributed by atoms with Crippen LogP contribution >= 0.6 is 0 Å². The summed E-state index contributed by atoms with van der Waals surface area (Å²) in [7, 11) is 0. The Morgan fingerprint density at radius 3 is 2.61 bits per heavy atom. The maximum absolute atomic E-state index is 12.5. The van der Waals surface area contributed by atoms with E-state index in [9.17, 15) is 9.59 Å². The molecule has 0 unspecified atom stereocenters. The summed E-state index contributed by atoms with van der Waals surface area (Å²) in [6.45, 7) is 5.16. The molecule has 1 amide bonds. The number of carbonyl (C=O) groups excluding carboxylic acids is 2. The molecule has 4 heterocycles. The molecule has 0 atom stereocenters. The van der Waals surface area contributed by atoms with Crippen molar-refractivity contribution in [3.63, 3.8) is 0 Å². The fourth-order valence-corrected chi connectivity index (χ4v) is 4.13. The summed E-state index contributed by atoms with van der Waals surface area (Å²) in [5.41, 5.74) is 3.51. The number of Topliss-reactive ketones (excluding diaryl/α,β-unsaturated/α-hetero) is 1. The highest BCUT2D eigenvalue weighted by molar-refractivity contribution is 5.94. The number of ketones is 1. The van der Waals surface area contributed by atoms with Crippen molar-refractivity contribution in [1.82, 2.24) is 25.2 Å². The van der Waals surface area contributed by atoms with Crippen LogP contribution in [0.1, 0.15) is 40.3 Å². The van der Waals surface area contributed by atoms with Crippen LogP contribution in [0.2, 0.25) is 0 Å². The number of hydrogen-bond acceptors (Lipinski definition) is 8. The summed E-state index contributed by atoms with van der Waals surface area (Å²) in [6, 6.07) is 7.07. The Hall–Kier alpha value is -3.62. The van der Waals surface area contributed by atoms with Crippen LogP contribution in [0.3, 0.4) is 0 Å². The molecule has 31 heavy (non-hydrogen) atoms. The smallest absolute Gasteiger partial charge is 0.274 e. The molecule has 1 saturated carbocycles. The van der Waals surface area contributed by atoms with Gasteiger partial charge in [-0.05, 0) is 32.0 Å². The second kappa shape index (κ2) is 7.26. The molecule has 3 aromatic rings. The Kier molecular flexibility index (Phi) is 4.53. The van der Waals surface area contributed by atoms with E-state index in [0.29, 0.717) is 43.3 Å². The minimum absolute atomic E-state index is 0.0182. The highest BCUT2D eigenvalue weighted by Gasteiger charge is 2.53. The molecule has 5 rings (SSSR count). The predicted molar refractivity (Wildman–Crippen MR) is 108 cm³/mol. The average molecular weight is 419 g/mol. The van der Waals surface area contributed by atoms with E-state index < -0.39 is 0 Å². The standard InChI is InChI=1S/C22H21N5O4/c1-13-3-4-15(9-23-13)20-17(14(2)31-26-20)10-30-19-6-5-18(24-25-19)21(29)27-11-22(12-27)7-16(28)8-22/h3-6,9H,7-8,10-12H2,1-2H3. The van der Waals surface area contributed by atoms with E-state index >= 15 is 0 Å². The lowest BCUT2D eigenvalue weighted by molar-refractivity contribution is -0.142. The zero-order chi connectivity index (χ0) is 21.6. The van der Waals surface area contributed by atoms with E-state index in [1.54, 1.807) is 23.2 Å². The van der Waals surface area contributed by atoms with Crippen LogP contribution < -0.4 is 4.74 Å². The van der Waals surface area contributed by atoms with E-state index in [4.69, 9.17) is 9.26 Å². The third kappa shape index (κ3) is 3.56. The lowest BCUT2D eigenvalue weighted by Crippen LogP contribution is -2.64. The maximum Gasteiger partial charge on any atom is 0.274 e. The van der Waals surface area contributed by atoms with E-state index in [0.717, 1.165) is 16.8 Å². The third-order valence-corrected chi connectivity index (χ3v) is 5.88. The Morgan fingerprint density at radius 2 is 1.97 bits per heavy atom. The molecule has 0 bridgehead atoms. The van der Waals surface area contributed by atoms with Gasteiger partial charge in [0.1, 0.15) is 23.8 Å². The summed E-state index contributed by atoms with van der Waals surface area (Å²) in [5, 5.41) is 12.2. The van der Waals surface area contributed by atoms with Crippen LogP contribution in [0.4, 0.5) is 0 Å². The molecular weight excluding hydrogens is 398 g/mol. The van der Waals surface area contributed by atoms with Crippen LogP contribution in [0, 0.1) is 19.3 Å². The van der Waals surface area contributed by atoms with Crippen LogP contribution in [0.5, 0.6) is 5.88 Å². The lowest BCUT2D eigenvalue weighted by atomic mass is 9.63. The van der Waals surface area contributed by atoms with Gasteiger partial charge < -0.3 is 14.2 Å². The topological polar surface area (TPSA) is 111 Å². The first kappa shape index (κ1) is 19.3. The van der Waals surface area contributed by atoms with E-state index in [1.807, 2.05) is 26.0 Å². The lowest BCUT2D eigenvalue weighted by Gasteiger charge is -2.54. The summed E-state index contributed by atoms with van der Waals surface area (Å²) < 4.78 is 11.1. The molecule has 2 aliphatic rings. The number of rotatable bonds is 5. The molecule has 1 aliphatic heterocycles. The van der Waals surface area contributed by atoms with Crippen molar-refractivity contribution in [2.24, 2.45) is 5.41 Å². The summed E-state index contributed by atoms with van der Waals surface area (Å²) in [4.78, 5) is 29.8. The van der Waals surface area contributed by atoms with Crippen LogP contribution in [-0.2, 0) is 11.4 Å². The fraction of sp³-hybridized carbons (Fsp3) is 0.364. The van der Waals surface area contributed by atoms with Crippen molar-refractivity contribution in [3.05, 3.63) is 53.2 Å². The number of likely N-dealkylation sites (tertiary alicyclic amines) is 1. The zero-order valence-corrected chi connectivity index (χ0v) is 17.3. The first-order chi connectivity index (χ1) is 14.9. The minimum Gasteiger partial charge on any atom is -0.472 e. The number of amides is 1. The molecular formula is C22H21N5O4. The van der Waals surface area contributed by atoms with E-state index in [1.165, 1.54) is 0 Å². The maximum atomic E-state index is 12.5. The zero-order valence-electron chi connectivity index (χ0n) is 17.3. The average Bonchev–Trinajstić information content (AvgIpc) is 3.09. The van der Waals surface area contributed by atoms with Gasteiger partial charge in [-0.15, -0.1) is 10.2 Å². The molecule has 9 nitrogen and oxygen atoms in total. The van der Waals surface area contributed by atoms with Crippen molar-refractivity contribution < 1.29 is 18.8 Å². The first-order valence-electron chi connectivity index (χ1n) is 10.1. The molecule has 9 heteroatoms. The number of nitrogens with zero attached hydrogens (tertiary/aromatic N) is 5. The van der Waals surface area contributed by atoms with Crippen LogP contribution in [0.15, 0.2) is 35.0 Å². The normalized spacial score (nSPS) is 16.7. The molecule has 2 fully saturated rings. The molecule has 3 aromatic heterocycles. The summed E-state index contributed by atoms with van der Waals surface area (Å²) in [5.74, 6) is 1.05. The van der Waals surface area contributed by atoms with Gasteiger partial charge >= 0.3 is 0 Å². The SMILES string of the molecule is Cc1ccc(-c2noc(C)c2COc2ccc(C(=O)N3CC4(CC(=O)C4)C3)nn2)cn1. The molecule has 158 valence electrons. The van der Waals surface area contributed by atoms with Gasteiger partial charge in [-0.2, -0.15) is 0 Å². The van der Waals surface area contributed by atoms with Gasteiger partial charge in [-0.3, -0.25) is 14.6 Å². The molecule has 0 radical (unpaired) electrons. The van der Waals surface area contributed by atoms with Gasteiger partial charge in [-0.1, -0.05) is 5.16 Å². The van der Waals surface area contributed by atoms with E-state index in [-0.39, 0.29) is 29.4 Å².